The first-order chi connectivity index (χ1) is 12.7. The lowest BCUT2D eigenvalue weighted by molar-refractivity contribution is -0.0949. The molecule has 1 spiro atoms. The average molecular weight is 375 g/mol. The molecule has 26 heavy (non-hydrogen) atoms. The summed E-state index contributed by atoms with van der Waals surface area (Å²) in [5.74, 6) is 0.320. The molecular weight excluding hydrogens is 353 g/mol. The second kappa shape index (κ2) is 7.47. The van der Waals surface area contributed by atoms with Crippen LogP contribution in [-0.2, 0) is 16.1 Å². The number of carbonyl (C=O) groups excluding carboxylic acids is 1. The highest BCUT2D eigenvalue weighted by Crippen LogP contribution is 2.39. The molecule has 1 atom stereocenters. The number of amides is 1. The first-order valence-corrected chi connectivity index (χ1v) is 9.81. The van der Waals surface area contributed by atoms with Gasteiger partial charge in [-0.2, -0.15) is 0 Å². The Morgan fingerprint density at radius 2 is 2.15 bits per heavy atom. The first-order valence-electron chi connectivity index (χ1n) is 8.93. The van der Waals surface area contributed by atoms with Gasteiger partial charge in [-0.3, -0.25) is 4.79 Å². The third-order valence-corrected chi connectivity index (χ3v) is 6.01. The lowest BCUT2D eigenvalue weighted by atomic mass is 9.86. The number of thiophene rings is 1. The van der Waals surface area contributed by atoms with E-state index in [0.29, 0.717) is 44.4 Å². The number of hydrogen-bond donors (Lipinski definition) is 0. The summed E-state index contributed by atoms with van der Waals surface area (Å²) in [5, 5.41) is 1.92. The Bertz CT molecular complexity index is 758. The van der Waals surface area contributed by atoms with E-state index in [2.05, 4.69) is 0 Å². The third-order valence-electron chi connectivity index (χ3n) is 5.15. The first kappa shape index (κ1) is 17.6. The highest BCUT2D eigenvalue weighted by Gasteiger charge is 2.51. The molecule has 2 saturated heterocycles. The van der Waals surface area contributed by atoms with Crippen molar-refractivity contribution in [1.29, 1.82) is 0 Å². The minimum atomic E-state index is -0.222. The van der Waals surface area contributed by atoms with Gasteiger partial charge in [-0.15, -0.1) is 11.3 Å². The van der Waals surface area contributed by atoms with E-state index < -0.39 is 0 Å². The molecule has 1 aromatic heterocycles. The summed E-state index contributed by atoms with van der Waals surface area (Å²) >= 11 is 1.48. The molecule has 0 N–H and O–H groups in total. The van der Waals surface area contributed by atoms with Crippen molar-refractivity contribution in [2.45, 2.75) is 25.0 Å². The molecule has 0 bridgehead atoms. The second-order valence-electron chi connectivity index (χ2n) is 7.14. The fraction of sp³-hybridized carbons (Fsp3) is 0.450. The molecule has 4 rings (SSSR count). The standard InChI is InChI=1S/C20H22FNO3S/c21-17-5-2-1-4-16(17)12-24-8-7-15-10-20(25-11-15)13-22(14-20)19(23)18-6-3-9-26-18/h1-6,9,15H,7-8,10-14H2. The van der Waals surface area contributed by atoms with Crippen molar-refractivity contribution in [2.24, 2.45) is 5.92 Å². The number of benzene rings is 1. The van der Waals surface area contributed by atoms with Crippen LogP contribution in [0.2, 0.25) is 0 Å². The fourth-order valence-corrected chi connectivity index (χ4v) is 4.43. The van der Waals surface area contributed by atoms with E-state index in [0.717, 1.165) is 17.7 Å². The smallest absolute Gasteiger partial charge is 0.264 e. The van der Waals surface area contributed by atoms with Gasteiger partial charge in [-0.25, -0.2) is 4.39 Å². The van der Waals surface area contributed by atoms with Gasteiger partial charge in [0.1, 0.15) is 11.4 Å². The molecule has 2 aromatic rings. The van der Waals surface area contributed by atoms with E-state index >= 15 is 0 Å². The predicted octanol–water partition coefficient (Wildman–Crippen LogP) is 3.73. The molecule has 4 nitrogen and oxygen atoms in total. The summed E-state index contributed by atoms with van der Waals surface area (Å²) in [7, 11) is 0. The number of rotatable bonds is 6. The Hall–Kier alpha value is -1.76. The van der Waals surface area contributed by atoms with E-state index in [-0.39, 0.29) is 17.3 Å². The van der Waals surface area contributed by atoms with Gasteiger partial charge in [0.05, 0.1) is 31.2 Å². The van der Waals surface area contributed by atoms with Crippen LogP contribution in [0.3, 0.4) is 0 Å². The zero-order valence-electron chi connectivity index (χ0n) is 14.5. The quantitative estimate of drug-likeness (QED) is 0.722. The lowest BCUT2D eigenvalue weighted by Crippen LogP contribution is -2.63. The molecule has 2 fully saturated rings. The van der Waals surface area contributed by atoms with Crippen molar-refractivity contribution in [1.82, 2.24) is 4.90 Å². The maximum atomic E-state index is 13.5. The summed E-state index contributed by atoms with van der Waals surface area (Å²) in [6, 6.07) is 10.5. The van der Waals surface area contributed by atoms with Crippen LogP contribution in [0.5, 0.6) is 0 Å². The molecule has 6 heteroatoms. The predicted molar refractivity (Wildman–Crippen MR) is 97.7 cm³/mol. The van der Waals surface area contributed by atoms with Crippen LogP contribution in [0, 0.1) is 11.7 Å². The largest absolute Gasteiger partial charge is 0.377 e. The molecule has 0 radical (unpaired) electrons. The van der Waals surface area contributed by atoms with E-state index in [4.69, 9.17) is 9.47 Å². The maximum Gasteiger partial charge on any atom is 0.264 e. The molecule has 2 aliphatic heterocycles. The highest BCUT2D eigenvalue weighted by molar-refractivity contribution is 7.12. The number of halogens is 1. The Labute approximate surface area is 156 Å². The number of nitrogens with zero attached hydrogens (tertiary/aromatic N) is 1. The molecule has 138 valence electrons. The number of hydrogen-bond acceptors (Lipinski definition) is 4. The molecular formula is C20H22FNO3S. The Morgan fingerprint density at radius 3 is 2.92 bits per heavy atom. The molecule has 0 saturated carbocycles. The number of carbonyl (C=O) groups is 1. The van der Waals surface area contributed by atoms with E-state index in [9.17, 15) is 9.18 Å². The van der Waals surface area contributed by atoms with Crippen LogP contribution < -0.4 is 0 Å². The van der Waals surface area contributed by atoms with Gasteiger partial charge in [0.15, 0.2) is 0 Å². The normalized spacial score (nSPS) is 21.1. The monoisotopic (exact) mass is 375 g/mol. The number of ether oxygens (including phenoxy) is 2. The fourth-order valence-electron chi connectivity index (χ4n) is 3.74. The molecule has 2 aliphatic rings. The number of likely N-dealkylation sites (tertiary alicyclic amines) is 1. The zero-order chi connectivity index (χ0) is 18.0. The van der Waals surface area contributed by atoms with Crippen LogP contribution in [-0.4, -0.2) is 42.7 Å². The molecule has 1 amide bonds. The molecule has 3 heterocycles. The zero-order valence-corrected chi connectivity index (χ0v) is 15.3. The van der Waals surface area contributed by atoms with Crippen LogP contribution in [0.15, 0.2) is 41.8 Å². The topological polar surface area (TPSA) is 38.8 Å². The van der Waals surface area contributed by atoms with E-state index in [1.54, 1.807) is 12.1 Å². The van der Waals surface area contributed by atoms with Crippen molar-refractivity contribution in [2.75, 3.05) is 26.3 Å². The van der Waals surface area contributed by atoms with Gasteiger partial charge in [0, 0.05) is 12.2 Å². The summed E-state index contributed by atoms with van der Waals surface area (Å²) in [6.07, 6.45) is 1.86. The van der Waals surface area contributed by atoms with Gasteiger partial charge in [0.2, 0.25) is 0 Å². The lowest BCUT2D eigenvalue weighted by Gasteiger charge is -2.47. The molecule has 1 aromatic carbocycles. The van der Waals surface area contributed by atoms with Gasteiger partial charge in [0.25, 0.3) is 5.91 Å². The van der Waals surface area contributed by atoms with Gasteiger partial charge in [-0.05, 0) is 36.3 Å². The van der Waals surface area contributed by atoms with E-state index in [1.165, 1.54) is 17.4 Å². The van der Waals surface area contributed by atoms with Crippen molar-refractivity contribution < 1.29 is 18.7 Å². The second-order valence-corrected chi connectivity index (χ2v) is 8.08. The van der Waals surface area contributed by atoms with Crippen LogP contribution in [0.25, 0.3) is 0 Å². The minimum absolute atomic E-state index is 0.103. The summed E-state index contributed by atoms with van der Waals surface area (Å²) in [5.41, 5.74) is 0.428. The van der Waals surface area contributed by atoms with E-state index in [1.807, 2.05) is 28.5 Å². The minimum Gasteiger partial charge on any atom is -0.377 e. The Balaban J connectivity index is 1.18. The summed E-state index contributed by atoms with van der Waals surface area (Å²) in [4.78, 5) is 15.0. The van der Waals surface area contributed by atoms with Crippen LogP contribution in [0.1, 0.15) is 28.1 Å². The third kappa shape index (κ3) is 3.68. The van der Waals surface area contributed by atoms with Crippen molar-refractivity contribution in [3.8, 4) is 0 Å². The molecule has 0 aliphatic carbocycles. The van der Waals surface area contributed by atoms with Gasteiger partial charge < -0.3 is 14.4 Å². The average Bonchev–Trinajstić information content (AvgIpc) is 3.28. The van der Waals surface area contributed by atoms with Crippen molar-refractivity contribution >= 4 is 17.2 Å². The molecule has 1 unspecified atom stereocenters. The van der Waals surface area contributed by atoms with Crippen molar-refractivity contribution in [3.05, 3.63) is 58.0 Å². The van der Waals surface area contributed by atoms with Crippen LogP contribution >= 0.6 is 11.3 Å². The van der Waals surface area contributed by atoms with Gasteiger partial charge in [-0.1, -0.05) is 24.3 Å². The van der Waals surface area contributed by atoms with Crippen LogP contribution in [0.4, 0.5) is 4.39 Å². The SMILES string of the molecule is O=C(c1cccs1)N1CC2(CC(CCOCc3ccccc3F)CO2)C1. The van der Waals surface area contributed by atoms with Crippen molar-refractivity contribution in [3.63, 3.8) is 0 Å². The highest BCUT2D eigenvalue weighted by atomic mass is 32.1. The summed E-state index contributed by atoms with van der Waals surface area (Å²) < 4.78 is 25.2. The Morgan fingerprint density at radius 1 is 1.31 bits per heavy atom. The Kier molecular flexibility index (Phi) is 5.07. The summed E-state index contributed by atoms with van der Waals surface area (Å²) in [6.45, 7) is 2.96. The maximum absolute atomic E-state index is 13.5. The van der Waals surface area contributed by atoms with Gasteiger partial charge >= 0.3 is 0 Å².